The molecule has 3 rings (SSSR count). The van der Waals surface area contributed by atoms with Gasteiger partial charge in [0.15, 0.2) is 0 Å². The molecule has 0 radical (unpaired) electrons. The number of alkyl halides is 1. The van der Waals surface area contributed by atoms with Crippen LogP contribution in [0.15, 0.2) is 0 Å². The molecule has 0 saturated carbocycles. The van der Waals surface area contributed by atoms with E-state index in [9.17, 15) is 0 Å². The van der Waals surface area contributed by atoms with E-state index in [1.54, 1.807) is 0 Å². The minimum Gasteiger partial charge on any atom is -0.320 e. The van der Waals surface area contributed by atoms with Gasteiger partial charge in [0.05, 0.1) is 26.2 Å². The fourth-order valence-corrected chi connectivity index (χ4v) is 3.86. The third kappa shape index (κ3) is 4.35. The van der Waals surface area contributed by atoms with Gasteiger partial charge in [-0.1, -0.05) is 41.9 Å². The topological polar surface area (TPSA) is 3.24 Å². The van der Waals surface area contributed by atoms with Crippen molar-refractivity contribution >= 4 is 22.6 Å². The summed E-state index contributed by atoms with van der Waals surface area (Å²) < 4.78 is 2.80. The van der Waals surface area contributed by atoms with Gasteiger partial charge in [-0.25, -0.2) is 0 Å². The van der Waals surface area contributed by atoms with Crippen LogP contribution in [0.2, 0.25) is 0 Å². The van der Waals surface area contributed by atoms with E-state index in [1.807, 2.05) is 0 Å². The standard InChI is InChI=1S/C14H28IN2/c15-7-5-3-1-2-4-6-11-17-12-8-16(9-13-17)10-14-17/h1-14H2/q+1. The Balaban J connectivity index is 1.52. The second-order valence-corrected chi connectivity index (χ2v) is 6.97. The molecule has 0 aromatic carbocycles. The molecular formula is C14H28IN2+. The maximum Gasteiger partial charge on any atom is 0.0916 e. The SMILES string of the molecule is ICCCCCCCC[N+]12CCN(CC1)CC2. The molecular weight excluding hydrogens is 323 g/mol. The van der Waals surface area contributed by atoms with Gasteiger partial charge in [0.2, 0.25) is 0 Å². The Morgan fingerprint density at radius 3 is 1.88 bits per heavy atom. The van der Waals surface area contributed by atoms with E-state index < -0.39 is 0 Å². The Morgan fingerprint density at radius 2 is 1.29 bits per heavy atom. The summed E-state index contributed by atoms with van der Waals surface area (Å²) in [7, 11) is 0. The first kappa shape index (κ1) is 14.1. The van der Waals surface area contributed by atoms with Crippen LogP contribution in [0.3, 0.4) is 0 Å². The molecule has 3 heteroatoms. The highest BCUT2D eigenvalue weighted by Crippen LogP contribution is 2.20. The highest BCUT2D eigenvalue weighted by molar-refractivity contribution is 14.1. The molecule has 0 aliphatic carbocycles. The number of hydrogen-bond acceptors (Lipinski definition) is 1. The second-order valence-electron chi connectivity index (χ2n) is 5.89. The number of quaternary nitrogens is 1. The van der Waals surface area contributed by atoms with Gasteiger partial charge in [0.1, 0.15) is 0 Å². The summed E-state index contributed by atoms with van der Waals surface area (Å²) in [6, 6.07) is 0. The summed E-state index contributed by atoms with van der Waals surface area (Å²) in [6.45, 7) is 9.90. The first-order valence-electron chi connectivity index (χ1n) is 7.48. The molecule has 3 saturated heterocycles. The lowest BCUT2D eigenvalue weighted by molar-refractivity contribution is -0.941. The van der Waals surface area contributed by atoms with Gasteiger partial charge in [0.25, 0.3) is 0 Å². The van der Waals surface area contributed by atoms with Crippen LogP contribution in [0.5, 0.6) is 0 Å². The Hall–Kier alpha value is 0.650. The molecule has 0 spiro atoms. The van der Waals surface area contributed by atoms with Crippen LogP contribution in [-0.2, 0) is 0 Å². The largest absolute Gasteiger partial charge is 0.320 e. The average molecular weight is 351 g/mol. The van der Waals surface area contributed by atoms with Crippen LogP contribution in [-0.4, -0.2) is 59.6 Å². The number of hydrogen-bond donors (Lipinski definition) is 0. The third-order valence-electron chi connectivity index (χ3n) is 4.69. The van der Waals surface area contributed by atoms with Crippen molar-refractivity contribution in [3.63, 3.8) is 0 Å². The molecule has 2 nitrogen and oxygen atoms in total. The first-order valence-corrected chi connectivity index (χ1v) is 9.01. The zero-order chi connectivity index (χ0) is 12.0. The molecule has 17 heavy (non-hydrogen) atoms. The third-order valence-corrected chi connectivity index (χ3v) is 5.45. The van der Waals surface area contributed by atoms with Gasteiger partial charge in [-0.05, 0) is 23.7 Å². The summed E-state index contributed by atoms with van der Waals surface area (Å²) in [5, 5.41) is 0. The summed E-state index contributed by atoms with van der Waals surface area (Å²) in [5.41, 5.74) is 0. The fraction of sp³-hybridized carbons (Fsp3) is 1.00. The first-order chi connectivity index (χ1) is 8.35. The minimum atomic E-state index is 1.34. The number of unbranched alkanes of at least 4 members (excludes halogenated alkanes) is 5. The summed E-state index contributed by atoms with van der Waals surface area (Å²) >= 11 is 2.49. The molecule has 0 unspecified atom stereocenters. The molecule has 3 heterocycles. The van der Waals surface area contributed by atoms with E-state index in [0.29, 0.717) is 0 Å². The van der Waals surface area contributed by atoms with Crippen molar-refractivity contribution in [2.45, 2.75) is 38.5 Å². The highest BCUT2D eigenvalue weighted by atomic mass is 127. The molecule has 3 aliphatic heterocycles. The summed E-state index contributed by atoms with van der Waals surface area (Å²) in [6.07, 6.45) is 8.78. The van der Waals surface area contributed by atoms with Crippen LogP contribution in [0.1, 0.15) is 38.5 Å². The van der Waals surface area contributed by atoms with Crippen LogP contribution in [0.25, 0.3) is 0 Å². The van der Waals surface area contributed by atoms with Crippen molar-refractivity contribution in [2.75, 3.05) is 50.2 Å². The van der Waals surface area contributed by atoms with E-state index in [0.717, 1.165) is 0 Å². The Kier molecular flexibility index (Phi) is 6.03. The van der Waals surface area contributed by atoms with E-state index in [4.69, 9.17) is 0 Å². The molecule has 0 aromatic heterocycles. The molecule has 0 atom stereocenters. The number of fused-ring (bicyclic) bond motifs is 3. The van der Waals surface area contributed by atoms with Gasteiger partial charge in [-0.15, -0.1) is 0 Å². The van der Waals surface area contributed by atoms with Crippen LogP contribution >= 0.6 is 22.6 Å². The monoisotopic (exact) mass is 351 g/mol. The predicted molar refractivity (Wildman–Crippen MR) is 82.8 cm³/mol. The van der Waals surface area contributed by atoms with Gasteiger partial charge in [0, 0.05) is 19.6 Å². The minimum absolute atomic E-state index is 1.34. The number of halogens is 1. The van der Waals surface area contributed by atoms with Gasteiger partial charge < -0.3 is 4.48 Å². The zero-order valence-corrected chi connectivity index (χ0v) is 13.3. The predicted octanol–water partition coefficient (Wildman–Crippen LogP) is 2.91. The normalized spacial score (nSPS) is 31.9. The molecule has 0 N–H and O–H groups in total. The molecule has 2 bridgehead atoms. The maximum atomic E-state index is 2.64. The van der Waals surface area contributed by atoms with Crippen molar-refractivity contribution in [1.82, 2.24) is 4.90 Å². The van der Waals surface area contributed by atoms with Crippen LogP contribution in [0, 0.1) is 0 Å². The lowest BCUT2D eigenvalue weighted by Crippen LogP contribution is -2.67. The second kappa shape index (κ2) is 7.29. The highest BCUT2D eigenvalue weighted by Gasteiger charge is 2.37. The van der Waals surface area contributed by atoms with E-state index >= 15 is 0 Å². The quantitative estimate of drug-likeness (QED) is 0.281. The molecule has 0 amide bonds. The van der Waals surface area contributed by atoms with Crippen LogP contribution in [0.4, 0.5) is 0 Å². The van der Waals surface area contributed by atoms with Crippen molar-refractivity contribution < 1.29 is 4.48 Å². The van der Waals surface area contributed by atoms with E-state index in [-0.39, 0.29) is 0 Å². The molecule has 3 aliphatic rings. The number of nitrogens with zero attached hydrogens (tertiary/aromatic N) is 2. The van der Waals surface area contributed by atoms with Crippen molar-refractivity contribution in [3.8, 4) is 0 Å². The Morgan fingerprint density at radius 1 is 0.765 bits per heavy atom. The van der Waals surface area contributed by atoms with E-state index in [1.165, 1.54) is 93.2 Å². The smallest absolute Gasteiger partial charge is 0.0916 e. The van der Waals surface area contributed by atoms with Gasteiger partial charge >= 0.3 is 0 Å². The van der Waals surface area contributed by atoms with Crippen molar-refractivity contribution in [1.29, 1.82) is 0 Å². The van der Waals surface area contributed by atoms with Crippen molar-refractivity contribution in [2.24, 2.45) is 0 Å². The summed E-state index contributed by atoms with van der Waals surface area (Å²) in [4.78, 5) is 2.64. The average Bonchev–Trinajstić information content (AvgIpc) is 2.40. The fourth-order valence-electron chi connectivity index (χ4n) is 3.32. The van der Waals surface area contributed by atoms with Gasteiger partial charge in [-0.3, -0.25) is 4.90 Å². The lowest BCUT2D eigenvalue weighted by atomic mass is 10.1. The number of rotatable bonds is 8. The maximum absolute atomic E-state index is 2.64. The Labute approximate surface area is 120 Å². The zero-order valence-electron chi connectivity index (χ0n) is 11.2. The van der Waals surface area contributed by atoms with Crippen LogP contribution < -0.4 is 0 Å². The molecule has 3 fully saturated rings. The molecule has 100 valence electrons. The van der Waals surface area contributed by atoms with Gasteiger partial charge in [-0.2, -0.15) is 0 Å². The summed E-state index contributed by atoms with van der Waals surface area (Å²) in [5.74, 6) is 0. The molecule has 0 aromatic rings. The lowest BCUT2D eigenvalue weighted by Gasteiger charge is -2.50. The Bertz CT molecular complexity index is 198. The van der Waals surface area contributed by atoms with Crippen molar-refractivity contribution in [3.05, 3.63) is 0 Å². The number of piperazine rings is 3. The van der Waals surface area contributed by atoms with E-state index in [2.05, 4.69) is 27.5 Å².